The molecule has 0 aliphatic rings. The molecular weight excluding hydrogens is 433 g/mol. The quantitative estimate of drug-likeness (QED) is 0.559. The van der Waals surface area contributed by atoms with E-state index in [4.69, 9.17) is 23.2 Å². The van der Waals surface area contributed by atoms with Gasteiger partial charge in [-0.1, -0.05) is 23.2 Å². The van der Waals surface area contributed by atoms with Crippen molar-refractivity contribution in [1.29, 1.82) is 0 Å². The average molecular weight is 448 g/mol. The Bertz CT molecular complexity index is 1010. The second kappa shape index (κ2) is 7.98. The molecule has 1 unspecified atom stereocenters. The van der Waals surface area contributed by atoms with E-state index in [1.807, 2.05) is 16.8 Å². The Balaban J connectivity index is 1.74. The number of aliphatic hydroxyl groups is 1. The summed E-state index contributed by atoms with van der Waals surface area (Å²) in [6.07, 6.45) is -0.704. The molecule has 3 rings (SSSR count). The number of rotatable bonds is 6. The van der Waals surface area contributed by atoms with Gasteiger partial charge in [0.2, 0.25) is 10.0 Å². The predicted octanol–water partition coefficient (Wildman–Crippen LogP) is 4.99. The smallest absolute Gasteiger partial charge is 0.242 e. The fraction of sp³-hybridized carbons (Fsp3) is 0.176. The fourth-order valence-electron chi connectivity index (χ4n) is 2.31. The number of thiophene rings is 2. The summed E-state index contributed by atoms with van der Waals surface area (Å²) >= 11 is 14.9. The first-order valence-corrected chi connectivity index (χ1v) is 11.5. The lowest BCUT2D eigenvalue weighted by Crippen LogP contribution is -2.23. The summed E-state index contributed by atoms with van der Waals surface area (Å²) in [6.45, 7) is 1.83. The fourth-order valence-corrected chi connectivity index (χ4v) is 5.89. The number of sulfonamides is 1. The van der Waals surface area contributed by atoms with Crippen LogP contribution in [0.25, 0.3) is 0 Å². The molecule has 1 aromatic carbocycles. The molecule has 9 heteroatoms. The monoisotopic (exact) mass is 447 g/mol. The Kier molecular flexibility index (Phi) is 6.08. The van der Waals surface area contributed by atoms with Crippen LogP contribution < -0.4 is 4.72 Å². The van der Waals surface area contributed by atoms with Crippen molar-refractivity contribution in [3.63, 3.8) is 0 Å². The minimum atomic E-state index is -3.78. The van der Waals surface area contributed by atoms with Gasteiger partial charge in [-0.05, 0) is 59.1 Å². The van der Waals surface area contributed by atoms with Gasteiger partial charge >= 0.3 is 0 Å². The molecule has 0 spiro atoms. The summed E-state index contributed by atoms with van der Waals surface area (Å²) < 4.78 is 27.6. The van der Waals surface area contributed by atoms with Crippen LogP contribution in [-0.2, 0) is 16.6 Å². The molecule has 0 amide bonds. The molecule has 0 bridgehead atoms. The molecule has 0 saturated heterocycles. The van der Waals surface area contributed by atoms with Gasteiger partial charge in [0.25, 0.3) is 0 Å². The van der Waals surface area contributed by atoms with Crippen molar-refractivity contribution < 1.29 is 13.5 Å². The van der Waals surface area contributed by atoms with Gasteiger partial charge < -0.3 is 5.11 Å². The Hall–Kier alpha value is -0.930. The minimum absolute atomic E-state index is 0.00356. The van der Waals surface area contributed by atoms with Crippen LogP contribution in [0.3, 0.4) is 0 Å². The van der Waals surface area contributed by atoms with Crippen LogP contribution in [0.5, 0.6) is 0 Å². The van der Waals surface area contributed by atoms with Crippen LogP contribution in [0.1, 0.15) is 27.0 Å². The van der Waals surface area contributed by atoms with E-state index in [2.05, 4.69) is 4.72 Å². The number of nitrogens with one attached hydrogen (secondary N) is 1. The third-order valence-electron chi connectivity index (χ3n) is 3.75. The third kappa shape index (κ3) is 4.31. The van der Waals surface area contributed by atoms with E-state index in [9.17, 15) is 13.5 Å². The van der Waals surface area contributed by atoms with Gasteiger partial charge in [-0.15, -0.1) is 11.3 Å². The molecule has 138 valence electrons. The zero-order valence-corrected chi connectivity index (χ0v) is 17.5. The van der Waals surface area contributed by atoms with Gasteiger partial charge in [0.15, 0.2) is 0 Å². The van der Waals surface area contributed by atoms with Gasteiger partial charge in [-0.3, -0.25) is 0 Å². The predicted molar refractivity (Wildman–Crippen MR) is 108 cm³/mol. The molecule has 3 aromatic rings. The molecule has 0 saturated carbocycles. The lowest BCUT2D eigenvalue weighted by Gasteiger charge is -2.10. The zero-order valence-electron chi connectivity index (χ0n) is 13.6. The Labute approximate surface area is 170 Å². The van der Waals surface area contributed by atoms with Crippen LogP contribution in [-0.4, -0.2) is 13.5 Å². The number of hydrogen-bond acceptors (Lipinski definition) is 5. The molecule has 2 aromatic heterocycles. The molecule has 0 radical (unpaired) electrons. The van der Waals surface area contributed by atoms with Crippen LogP contribution in [0, 0.1) is 6.92 Å². The van der Waals surface area contributed by atoms with E-state index < -0.39 is 16.1 Å². The van der Waals surface area contributed by atoms with Crippen LogP contribution in [0.15, 0.2) is 46.0 Å². The highest BCUT2D eigenvalue weighted by molar-refractivity contribution is 7.89. The maximum absolute atomic E-state index is 12.5. The highest BCUT2D eigenvalue weighted by Crippen LogP contribution is 2.31. The Morgan fingerprint density at radius 3 is 2.65 bits per heavy atom. The van der Waals surface area contributed by atoms with Gasteiger partial charge in [0.05, 0.1) is 5.02 Å². The van der Waals surface area contributed by atoms with Crippen LogP contribution in [0.4, 0.5) is 0 Å². The van der Waals surface area contributed by atoms with Crippen molar-refractivity contribution in [2.24, 2.45) is 0 Å². The van der Waals surface area contributed by atoms with Gasteiger partial charge in [-0.2, -0.15) is 11.3 Å². The first-order valence-electron chi connectivity index (χ1n) is 7.52. The number of benzene rings is 1. The maximum atomic E-state index is 12.5. The number of aryl methyl sites for hydroxylation is 1. The van der Waals surface area contributed by atoms with Gasteiger partial charge in [0.1, 0.15) is 11.0 Å². The second-order valence-corrected chi connectivity index (χ2v) is 10.1. The minimum Gasteiger partial charge on any atom is -0.383 e. The molecule has 2 heterocycles. The average Bonchev–Trinajstić information content (AvgIpc) is 3.27. The molecule has 0 aliphatic carbocycles. The maximum Gasteiger partial charge on any atom is 0.242 e. The highest BCUT2D eigenvalue weighted by atomic mass is 35.5. The number of halogens is 2. The summed E-state index contributed by atoms with van der Waals surface area (Å²) in [5, 5.41) is 14.6. The summed E-state index contributed by atoms with van der Waals surface area (Å²) in [6, 6.07) is 8.34. The van der Waals surface area contributed by atoms with Crippen molar-refractivity contribution in [2.75, 3.05) is 0 Å². The van der Waals surface area contributed by atoms with Gasteiger partial charge in [0, 0.05) is 21.3 Å². The van der Waals surface area contributed by atoms with Crippen molar-refractivity contribution in [2.45, 2.75) is 24.5 Å². The second-order valence-electron chi connectivity index (χ2n) is 5.62. The van der Waals surface area contributed by atoms with Crippen molar-refractivity contribution in [3.05, 3.63) is 72.0 Å². The standard InChI is InChI=1S/C17H15Cl2NO3S3/c1-10-6-16(14(19)7-13(10)18)26(22,23)20-8-12-2-3-15(25-12)17(21)11-4-5-24-9-11/h2-7,9,17,20-21H,8H2,1H3. The molecule has 26 heavy (non-hydrogen) atoms. The largest absolute Gasteiger partial charge is 0.383 e. The first-order chi connectivity index (χ1) is 12.3. The molecule has 1 atom stereocenters. The lowest BCUT2D eigenvalue weighted by molar-refractivity contribution is 0.224. The lowest BCUT2D eigenvalue weighted by atomic mass is 10.2. The van der Waals surface area contributed by atoms with E-state index in [0.29, 0.717) is 10.6 Å². The van der Waals surface area contributed by atoms with Crippen molar-refractivity contribution in [1.82, 2.24) is 4.72 Å². The van der Waals surface area contributed by atoms with E-state index >= 15 is 0 Å². The third-order valence-corrected chi connectivity index (χ3v) is 7.86. The van der Waals surface area contributed by atoms with E-state index in [0.717, 1.165) is 15.3 Å². The Morgan fingerprint density at radius 2 is 1.96 bits per heavy atom. The molecule has 0 aliphatic heterocycles. The van der Waals surface area contributed by atoms with E-state index in [1.54, 1.807) is 19.1 Å². The summed E-state index contributed by atoms with van der Waals surface area (Å²) in [7, 11) is -3.78. The molecule has 4 nitrogen and oxygen atoms in total. The summed E-state index contributed by atoms with van der Waals surface area (Å²) in [5.74, 6) is 0. The number of aliphatic hydroxyl groups excluding tert-OH is 1. The first kappa shape index (κ1) is 19.8. The van der Waals surface area contributed by atoms with Crippen molar-refractivity contribution in [3.8, 4) is 0 Å². The number of hydrogen-bond donors (Lipinski definition) is 2. The SMILES string of the molecule is Cc1cc(S(=O)(=O)NCc2ccc(C(O)c3ccsc3)s2)c(Cl)cc1Cl. The normalized spacial score (nSPS) is 13.1. The summed E-state index contributed by atoms with van der Waals surface area (Å²) in [4.78, 5) is 1.55. The summed E-state index contributed by atoms with van der Waals surface area (Å²) in [5.41, 5.74) is 1.46. The van der Waals surface area contributed by atoms with Crippen LogP contribution in [0.2, 0.25) is 10.0 Å². The van der Waals surface area contributed by atoms with Crippen molar-refractivity contribution >= 4 is 55.9 Å². The van der Waals surface area contributed by atoms with Crippen LogP contribution >= 0.6 is 45.9 Å². The van der Waals surface area contributed by atoms with E-state index in [-0.39, 0.29) is 16.5 Å². The topological polar surface area (TPSA) is 66.4 Å². The van der Waals surface area contributed by atoms with Gasteiger partial charge in [-0.25, -0.2) is 13.1 Å². The van der Waals surface area contributed by atoms with E-state index in [1.165, 1.54) is 34.8 Å². The highest BCUT2D eigenvalue weighted by Gasteiger charge is 2.20. The zero-order chi connectivity index (χ0) is 18.9. The molecule has 0 fully saturated rings. The Morgan fingerprint density at radius 1 is 1.19 bits per heavy atom. The molecular formula is C17H15Cl2NO3S3. The molecule has 2 N–H and O–H groups in total.